The Hall–Kier alpha value is -5.93. The smallest absolute Gasteiger partial charge is 0.136 e. The van der Waals surface area contributed by atoms with E-state index in [9.17, 15) is 0 Å². The third-order valence-electron chi connectivity index (χ3n) is 16.0. The molecule has 300 valence electrons. The molecule has 0 amide bonds. The molecule has 0 bridgehead atoms. The van der Waals surface area contributed by atoms with Gasteiger partial charge < -0.3 is 9.73 Å². The number of furan rings is 1. The number of hydrogen-bond acceptors (Lipinski definition) is 3. The Morgan fingerprint density at radius 1 is 0.607 bits per heavy atom. The summed E-state index contributed by atoms with van der Waals surface area (Å²) >= 11 is 0. The zero-order valence-corrected chi connectivity index (χ0v) is 34.9. The second kappa shape index (κ2) is 13.8. The summed E-state index contributed by atoms with van der Waals surface area (Å²) in [7, 11) is 0. The van der Waals surface area contributed by atoms with E-state index in [-0.39, 0.29) is 16.9 Å². The first kappa shape index (κ1) is 35.8. The van der Waals surface area contributed by atoms with Crippen LogP contribution in [0, 0.1) is 5.92 Å². The molecule has 3 nitrogen and oxygen atoms in total. The summed E-state index contributed by atoms with van der Waals surface area (Å²) in [6, 6.07) is 39.1. The normalized spacial score (nSPS) is 24.1. The minimum absolute atomic E-state index is 0.116. The van der Waals surface area contributed by atoms with E-state index in [1.807, 2.05) is 12.1 Å². The average Bonchev–Trinajstić information content (AvgIpc) is 3.92. The number of amidine groups is 1. The van der Waals surface area contributed by atoms with Crippen molar-refractivity contribution < 1.29 is 4.42 Å². The molecule has 13 rings (SSSR count). The van der Waals surface area contributed by atoms with Gasteiger partial charge in [0.2, 0.25) is 0 Å². The average molecular weight is 793 g/mol. The summed E-state index contributed by atoms with van der Waals surface area (Å²) in [5, 5.41) is 6.02. The van der Waals surface area contributed by atoms with Gasteiger partial charge in [0.15, 0.2) is 0 Å². The first-order chi connectivity index (χ1) is 30.1. The minimum Gasteiger partial charge on any atom is -0.456 e. The van der Waals surface area contributed by atoms with Crippen LogP contribution >= 0.6 is 0 Å². The molecule has 3 unspecified atom stereocenters. The lowest BCUT2D eigenvalue weighted by Crippen LogP contribution is -2.34. The molecule has 0 radical (unpaired) electrons. The van der Waals surface area contributed by atoms with Gasteiger partial charge in [0.25, 0.3) is 0 Å². The molecule has 1 aliphatic heterocycles. The number of fused-ring (bicyclic) bond motifs is 13. The van der Waals surface area contributed by atoms with Crippen molar-refractivity contribution in [2.45, 2.75) is 99.8 Å². The quantitative estimate of drug-likeness (QED) is 0.193. The van der Waals surface area contributed by atoms with Crippen LogP contribution < -0.4 is 5.32 Å². The highest BCUT2D eigenvalue weighted by molar-refractivity contribution is 6.08. The maximum absolute atomic E-state index is 6.33. The molecule has 0 saturated heterocycles. The molecular formula is C58H52N2O. The first-order valence-corrected chi connectivity index (χ1v) is 23.3. The van der Waals surface area contributed by atoms with Gasteiger partial charge in [-0.3, -0.25) is 4.99 Å². The Kier molecular flexibility index (Phi) is 8.09. The zero-order valence-electron chi connectivity index (χ0n) is 34.9. The van der Waals surface area contributed by atoms with Crippen molar-refractivity contribution in [1.29, 1.82) is 0 Å². The number of nitrogens with zero attached hydrogens (tertiary/aromatic N) is 1. The van der Waals surface area contributed by atoms with E-state index >= 15 is 0 Å². The fourth-order valence-electron chi connectivity index (χ4n) is 13.1. The molecule has 2 heterocycles. The highest BCUT2D eigenvalue weighted by Gasteiger charge is 2.53. The Morgan fingerprint density at radius 2 is 1.39 bits per heavy atom. The monoisotopic (exact) mass is 792 g/mol. The predicted molar refractivity (Wildman–Crippen MR) is 252 cm³/mol. The Bertz CT molecular complexity index is 2970. The minimum atomic E-state index is -0.116. The topological polar surface area (TPSA) is 37.5 Å². The van der Waals surface area contributed by atoms with E-state index in [0.717, 1.165) is 57.4 Å². The van der Waals surface area contributed by atoms with Crippen molar-refractivity contribution in [3.05, 3.63) is 190 Å². The maximum atomic E-state index is 6.33. The molecular weight excluding hydrogens is 741 g/mol. The summed E-state index contributed by atoms with van der Waals surface area (Å²) in [5.41, 5.74) is 19.0. The fraction of sp³-hybridized carbons (Fsp3) is 0.293. The molecule has 61 heavy (non-hydrogen) atoms. The molecule has 2 fully saturated rings. The summed E-state index contributed by atoms with van der Waals surface area (Å²) in [5.74, 6) is 1.86. The van der Waals surface area contributed by atoms with E-state index in [0.29, 0.717) is 11.8 Å². The second-order valence-corrected chi connectivity index (χ2v) is 19.1. The van der Waals surface area contributed by atoms with Crippen molar-refractivity contribution >= 4 is 39.0 Å². The van der Waals surface area contributed by atoms with Crippen LogP contribution in [0.25, 0.3) is 44.3 Å². The van der Waals surface area contributed by atoms with Crippen LogP contribution in [0.3, 0.4) is 0 Å². The van der Waals surface area contributed by atoms with Crippen molar-refractivity contribution in [1.82, 2.24) is 5.32 Å². The number of para-hydroxylation sites is 1. The van der Waals surface area contributed by atoms with Crippen LogP contribution in [-0.4, -0.2) is 5.84 Å². The van der Waals surface area contributed by atoms with Gasteiger partial charge in [0, 0.05) is 44.4 Å². The van der Waals surface area contributed by atoms with Crippen LogP contribution in [0.4, 0.5) is 0 Å². The van der Waals surface area contributed by atoms with Crippen molar-refractivity contribution in [3.63, 3.8) is 0 Å². The largest absolute Gasteiger partial charge is 0.456 e. The number of allylic oxidation sites excluding steroid dienone is 6. The number of benzene rings is 5. The van der Waals surface area contributed by atoms with Gasteiger partial charge in [-0.1, -0.05) is 154 Å². The van der Waals surface area contributed by atoms with E-state index < -0.39 is 0 Å². The Balaban J connectivity index is 0.866. The third kappa shape index (κ3) is 5.45. The van der Waals surface area contributed by atoms with Crippen molar-refractivity contribution in [2.75, 3.05) is 0 Å². The molecule has 3 heteroatoms. The molecule has 5 aromatic carbocycles. The lowest BCUT2D eigenvalue weighted by molar-refractivity contribution is 0.233. The van der Waals surface area contributed by atoms with Gasteiger partial charge in [-0.05, 0) is 125 Å². The zero-order chi connectivity index (χ0) is 40.1. The van der Waals surface area contributed by atoms with Crippen molar-refractivity contribution in [2.24, 2.45) is 10.9 Å². The summed E-state index contributed by atoms with van der Waals surface area (Å²) < 4.78 is 6.33. The SMILES string of the molecule is C1=CC(C2=NC(c3ccc(C4=CC5c6cc7c(cc6C6(CCCCC6)C5C=C4)-c4ccccc4C74CCCCC4)cc3)C=C(c3ccc4c(c3)oc3ccccc34)N2)=CCC1. The molecule has 6 aliphatic carbocycles. The van der Waals surface area contributed by atoms with Crippen molar-refractivity contribution in [3.8, 4) is 11.1 Å². The maximum Gasteiger partial charge on any atom is 0.136 e. The van der Waals surface area contributed by atoms with E-state index in [2.05, 4.69) is 139 Å². The van der Waals surface area contributed by atoms with Crippen LogP contribution in [-0.2, 0) is 10.8 Å². The predicted octanol–water partition coefficient (Wildman–Crippen LogP) is 14.7. The molecule has 6 aromatic rings. The highest BCUT2D eigenvalue weighted by atomic mass is 16.3. The summed E-state index contributed by atoms with van der Waals surface area (Å²) in [4.78, 5) is 5.34. The lowest BCUT2D eigenvalue weighted by Gasteiger charge is -2.41. The van der Waals surface area contributed by atoms with Gasteiger partial charge in [-0.2, -0.15) is 0 Å². The Labute approximate surface area is 359 Å². The second-order valence-electron chi connectivity index (χ2n) is 19.1. The number of nitrogens with one attached hydrogen (secondary N) is 1. The van der Waals surface area contributed by atoms with Crippen LogP contribution in [0.15, 0.2) is 161 Å². The van der Waals surface area contributed by atoms with Gasteiger partial charge >= 0.3 is 0 Å². The van der Waals surface area contributed by atoms with Crippen LogP contribution in [0.1, 0.15) is 128 Å². The molecule has 2 saturated carbocycles. The molecule has 2 spiro atoms. The standard InChI is InChI=1S/C58H52N2O/c1-4-14-39(15-5-1)56-59-52(36-53(60-56)41-24-26-44-43-17-7-9-19-54(43)61-55(44)33-41)38-22-20-37(21-23-38)40-25-27-49-45(32-40)47-35-50-46(34-51(47)58(49)30-12-3-13-31-58)42-16-6-8-18-48(42)57(50)28-10-2-11-29-57/h4,6-9,14-27,32-36,45,49,52H,1-3,5,10-13,28-31H2,(H,59,60). The third-order valence-corrected chi connectivity index (χ3v) is 16.0. The molecule has 3 atom stereocenters. The highest BCUT2D eigenvalue weighted by Crippen LogP contribution is 2.64. The van der Waals surface area contributed by atoms with E-state index in [1.54, 1.807) is 27.8 Å². The van der Waals surface area contributed by atoms with Crippen LogP contribution in [0.5, 0.6) is 0 Å². The van der Waals surface area contributed by atoms with E-state index in [4.69, 9.17) is 9.41 Å². The molecule has 1 aromatic heterocycles. The van der Waals surface area contributed by atoms with Gasteiger partial charge in [-0.25, -0.2) is 0 Å². The van der Waals surface area contributed by atoms with E-state index in [1.165, 1.54) is 86.5 Å². The first-order valence-electron chi connectivity index (χ1n) is 23.3. The fourth-order valence-corrected chi connectivity index (χ4v) is 13.1. The summed E-state index contributed by atoms with van der Waals surface area (Å²) in [6.45, 7) is 0. The van der Waals surface area contributed by atoms with Crippen LogP contribution in [0.2, 0.25) is 0 Å². The van der Waals surface area contributed by atoms with Gasteiger partial charge in [0.05, 0.1) is 6.04 Å². The number of rotatable bonds is 4. The lowest BCUT2D eigenvalue weighted by atomic mass is 9.63. The Morgan fingerprint density at radius 3 is 2.25 bits per heavy atom. The van der Waals surface area contributed by atoms with Gasteiger partial charge in [0.1, 0.15) is 17.0 Å². The number of aliphatic imine (C=N–C) groups is 1. The summed E-state index contributed by atoms with van der Waals surface area (Å²) in [6.07, 6.45) is 32.2. The van der Waals surface area contributed by atoms with Gasteiger partial charge in [-0.15, -0.1) is 0 Å². The molecule has 1 N–H and O–H groups in total. The molecule has 7 aliphatic rings. The number of hydrogen-bond donors (Lipinski definition) is 1.